The van der Waals surface area contributed by atoms with E-state index in [0.29, 0.717) is 19.4 Å². The molecule has 17 heavy (non-hydrogen) atoms. The van der Waals surface area contributed by atoms with E-state index in [1.165, 1.54) is 0 Å². The molecule has 0 aliphatic carbocycles. The normalized spacial score (nSPS) is 10.9. The monoisotopic (exact) mass is 248 g/mol. The molecule has 0 heterocycles. The van der Waals surface area contributed by atoms with Crippen molar-refractivity contribution in [3.63, 3.8) is 0 Å². The number of aliphatic hydroxyl groups is 1. The van der Waals surface area contributed by atoms with Gasteiger partial charge in [-0.25, -0.2) is 0 Å². The summed E-state index contributed by atoms with van der Waals surface area (Å²) >= 11 is 0. The molecular formula is C11H20O6. The van der Waals surface area contributed by atoms with Crippen molar-refractivity contribution in [2.45, 2.75) is 38.9 Å². The summed E-state index contributed by atoms with van der Waals surface area (Å²) in [5, 5.41) is 24.7. The molecule has 100 valence electrons. The third kappa shape index (κ3) is 25.2. The van der Waals surface area contributed by atoms with Gasteiger partial charge in [-0.1, -0.05) is 6.08 Å². The Labute approximate surface area is 101 Å². The molecule has 6 heteroatoms. The lowest BCUT2D eigenvalue weighted by Gasteiger charge is -2.00. The minimum atomic E-state index is -0.870. The van der Waals surface area contributed by atoms with Crippen LogP contribution in [0.2, 0.25) is 0 Å². The molecule has 0 aromatic rings. The molecule has 1 unspecified atom stereocenters. The summed E-state index contributed by atoms with van der Waals surface area (Å²) < 4.78 is 4.63. The lowest BCUT2D eigenvalue weighted by atomic mass is 10.2. The van der Waals surface area contributed by atoms with Crippen LogP contribution in [0.25, 0.3) is 0 Å². The van der Waals surface area contributed by atoms with Gasteiger partial charge in [0, 0.05) is 12.8 Å². The zero-order valence-electron chi connectivity index (χ0n) is 9.96. The fourth-order valence-corrected chi connectivity index (χ4v) is 0.760. The highest BCUT2D eigenvalue weighted by Gasteiger charge is 1.99. The SMILES string of the molecule is C=CCOC(C)O.O=C(O)CCCCC(=O)O. The fourth-order valence-electron chi connectivity index (χ4n) is 0.760. The summed E-state index contributed by atoms with van der Waals surface area (Å²) in [5.74, 6) is -1.74. The van der Waals surface area contributed by atoms with Crippen LogP contribution in [0.15, 0.2) is 12.7 Å². The van der Waals surface area contributed by atoms with Crippen LogP contribution in [0, 0.1) is 0 Å². The first-order valence-corrected chi connectivity index (χ1v) is 5.24. The number of ether oxygens (including phenoxy) is 1. The molecule has 0 saturated heterocycles. The number of aliphatic hydroxyl groups excluding tert-OH is 1. The maximum atomic E-state index is 9.90. The fraction of sp³-hybridized carbons (Fsp3) is 0.636. The maximum absolute atomic E-state index is 9.90. The second-order valence-corrected chi connectivity index (χ2v) is 3.22. The van der Waals surface area contributed by atoms with Gasteiger partial charge in [-0.05, 0) is 19.8 Å². The summed E-state index contributed by atoms with van der Waals surface area (Å²) in [6, 6.07) is 0. The average Bonchev–Trinajstić information content (AvgIpc) is 2.22. The van der Waals surface area contributed by atoms with E-state index in [0.717, 1.165) is 0 Å². The van der Waals surface area contributed by atoms with Crippen molar-refractivity contribution in [3.05, 3.63) is 12.7 Å². The molecule has 0 aromatic heterocycles. The Balaban J connectivity index is 0. The van der Waals surface area contributed by atoms with Gasteiger partial charge in [0.2, 0.25) is 0 Å². The van der Waals surface area contributed by atoms with Crippen molar-refractivity contribution in [3.8, 4) is 0 Å². The first-order valence-electron chi connectivity index (χ1n) is 5.24. The predicted octanol–water partition coefficient (Wildman–Crippen LogP) is 1.24. The molecule has 0 aromatic carbocycles. The van der Waals surface area contributed by atoms with Gasteiger partial charge in [0.15, 0.2) is 6.29 Å². The van der Waals surface area contributed by atoms with E-state index in [1.807, 2.05) is 0 Å². The average molecular weight is 248 g/mol. The number of carboxylic acid groups (broad SMARTS) is 2. The summed E-state index contributed by atoms with van der Waals surface area (Å²) in [5.41, 5.74) is 0. The highest BCUT2D eigenvalue weighted by Crippen LogP contribution is 1.98. The molecule has 1 atom stereocenters. The van der Waals surface area contributed by atoms with Crippen molar-refractivity contribution in [1.82, 2.24) is 0 Å². The lowest BCUT2D eigenvalue weighted by Crippen LogP contribution is -2.04. The van der Waals surface area contributed by atoms with Crippen LogP contribution in [0.5, 0.6) is 0 Å². The molecule has 0 amide bonds. The summed E-state index contributed by atoms with van der Waals surface area (Å²) in [4.78, 5) is 19.8. The number of aliphatic carboxylic acids is 2. The molecule has 0 saturated carbocycles. The predicted molar refractivity (Wildman–Crippen MR) is 61.6 cm³/mol. The van der Waals surface area contributed by atoms with Crippen molar-refractivity contribution < 1.29 is 29.6 Å². The van der Waals surface area contributed by atoms with E-state index in [2.05, 4.69) is 11.3 Å². The quantitative estimate of drug-likeness (QED) is 0.339. The minimum Gasteiger partial charge on any atom is -0.481 e. The molecular weight excluding hydrogens is 228 g/mol. The minimum absolute atomic E-state index is 0.0628. The Morgan fingerprint density at radius 1 is 1.24 bits per heavy atom. The largest absolute Gasteiger partial charge is 0.481 e. The standard InChI is InChI=1S/C6H10O4.C5H10O2/c7-5(8)3-1-2-4-6(9)10;1-3-4-7-5(2)6/h1-4H2,(H,7,8)(H,9,10);3,5-6H,1,4H2,2H3. The Hall–Kier alpha value is -1.40. The van der Waals surface area contributed by atoms with Crippen LogP contribution in [0.1, 0.15) is 32.6 Å². The second-order valence-electron chi connectivity index (χ2n) is 3.22. The lowest BCUT2D eigenvalue weighted by molar-refractivity contribution is -0.139. The van der Waals surface area contributed by atoms with Crippen molar-refractivity contribution in [2.24, 2.45) is 0 Å². The zero-order valence-corrected chi connectivity index (χ0v) is 9.96. The molecule has 6 nitrogen and oxygen atoms in total. The van der Waals surface area contributed by atoms with Gasteiger partial charge in [-0.15, -0.1) is 6.58 Å². The van der Waals surface area contributed by atoms with Gasteiger partial charge in [-0.2, -0.15) is 0 Å². The zero-order chi connectivity index (χ0) is 13.7. The van der Waals surface area contributed by atoms with Crippen LogP contribution < -0.4 is 0 Å². The Bertz CT molecular complexity index is 208. The van der Waals surface area contributed by atoms with E-state index in [4.69, 9.17) is 15.3 Å². The first kappa shape index (κ1) is 18.0. The van der Waals surface area contributed by atoms with Gasteiger partial charge in [0.1, 0.15) is 0 Å². The van der Waals surface area contributed by atoms with Gasteiger partial charge in [0.25, 0.3) is 0 Å². The molecule has 0 rings (SSSR count). The third-order valence-corrected chi connectivity index (χ3v) is 1.49. The Morgan fingerprint density at radius 2 is 1.65 bits per heavy atom. The van der Waals surface area contributed by atoms with Crippen LogP contribution in [-0.4, -0.2) is 40.2 Å². The number of hydrogen-bond donors (Lipinski definition) is 3. The number of unbranched alkanes of at least 4 members (excludes halogenated alkanes) is 1. The van der Waals surface area contributed by atoms with Crippen LogP contribution in [0.4, 0.5) is 0 Å². The molecule has 0 spiro atoms. The summed E-state index contributed by atoms with van der Waals surface area (Å²) in [6.07, 6.45) is 1.94. The summed E-state index contributed by atoms with van der Waals surface area (Å²) in [6.45, 7) is 5.37. The van der Waals surface area contributed by atoms with Gasteiger partial charge in [-0.3, -0.25) is 9.59 Å². The van der Waals surface area contributed by atoms with Gasteiger partial charge < -0.3 is 20.1 Å². The van der Waals surface area contributed by atoms with Crippen molar-refractivity contribution in [1.29, 1.82) is 0 Å². The van der Waals surface area contributed by atoms with E-state index in [1.54, 1.807) is 13.0 Å². The van der Waals surface area contributed by atoms with Crippen molar-refractivity contribution in [2.75, 3.05) is 6.61 Å². The third-order valence-electron chi connectivity index (χ3n) is 1.49. The van der Waals surface area contributed by atoms with E-state index in [9.17, 15) is 9.59 Å². The van der Waals surface area contributed by atoms with Gasteiger partial charge >= 0.3 is 11.9 Å². The maximum Gasteiger partial charge on any atom is 0.303 e. The molecule has 0 bridgehead atoms. The highest BCUT2D eigenvalue weighted by molar-refractivity contribution is 5.67. The number of rotatable bonds is 8. The molecule has 0 aliphatic heterocycles. The first-order chi connectivity index (χ1) is 7.90. The topological polar surface area (TPSA) is 104 Å². The van der Waals surface area contributed by atoms with E-state index >= 15 is 0 Å². The Kier molecular flexibility index (Phi) is 13.4. The smallest absolute Gasteiger partial charge is 0.303 e. The van der Waals surface area contributed by atoms with E-state index < -0.39 is 18.2 Å². The van der Waals surface area contributed by atoms with Gasteiger partial charge in [0.05, 0.1) is 6.61 Å². The summed E-state index contributed by atoms with van der Waals surface area (Å²) in [7, 11) is 0. The molecule has 3 N–H and O–H groups in total. The molecule has 0 radical (unpaired) electrons. The van der Waals surface area contributed by atoms with Crippen molar-refractivity contribution >= 4 is 11.9 Å². The Morgan fingerprint density at radius 3 is 1.82 bits per heavy atom. The van der Waals surface area contributed by atoms with E-state index in [-0.39, 0.29) is 12.8 Å². The second kappa shape index (κ2) is 12.7. The number of carboxylic acids is 2. The number of hydrogen-bond acceptors (Lipinski definition) is 4. The van der Waals surface area contributed by atoms with Crippen LogP contribution in [-0.2, 0) is 14.3 Å². The highest BCUT2D eigenvalue weighted by atomic mass is 16.6. The number of carbonyl (C=O) groups is 2. The van der Waals surface area contributed by atoms with Crippen LogP contribution >= 0.6 is 0 Å². The molecule has 0 aliphatic rings. The molecule has 0 fully saturated rings. The van der Waals surface area contributed by atoms with Crippen LogP contribution in [0.3, 0.4) is 0 Å².